The van der Waals surface area contributed by atoms with E-state index in [9.17, 15) is 0 Å². The van der Waals surface area contributed by atoms with Gasteiger partial charge in [0.05, 0.1) is 0 Å². The van der Waals surface area contributed by atoms with Crippen LogP contribution in [0.25, 0.3) is 0 Å². The van der Waals surface area contributed by atoms with Gasteiger partial charge in [-0.1, -0.05) is 0 Å². The Morgan fingerprint density at radius 3 is 3.08 bits per heavy atom. The van der Waals surface area contributed by atoms with Crippen molar-refractivity contribution < 1.29 is 5.21 Å². The summed E-state index contributed by atoms with van der Waals surface area (Å²) in [5.41, 5.74) is 7.08. The molecule has 70 valence electrons. The van der Waals surface area contributed by atoms with E-state index in [1.165, 1.54) is 6.42 Å². The molecule has 1 fully saturated rings. The van der Waals surface area contributed by atoms with Crippen molar-refractivity contribution in [3.8, 4) is 0 Å². The summed E-state index contributed by atoms with van der Waals surface area (Å²) in [6.45, 7) is 2.90. The third kappa shape index (κ3) is 2.67. The highest BCUT2D eigenvalue weighted by Gasteiger charge is 2.18. The van der Waals surface area contributed by atoms with E-state index in [0.29, 0.717) is 12.5 Å². The molecule has 1 aliphatic rings. The molecule has 1 unspecified atom stereocenters. The van der Waals surface area contributed by atoms with E-state index in [1.54, 1.807) is 0 Å². The van der Waals surface area contributed by atoms with Crippen molar-refractivity contribution in [2.24, 2.45) is 16.6 Å². The number of nitrogens with one attached hydrogen (secondary N) is 1. The minimum absolute atomic E-state index is 0.101. The molecule has 0 amide bonds. The molecule has 0 saturated carbocycles. The highest BCUT2D eigenvalue weighted by molar-refractivity contribution is 5.76. The van der Waals surface area contributed by atoms with Crippen LogP contribution in [-0.4, -0.2) is 42.7 Å². The first kappa shape index (κ1) is 9.28. The minimum Gasteiger partial charge on any atom is -0.368 e. The summed E-state index contributed by atoms with van der Waals surface area (Å²) in [5.74, 6) is 0.687. The lowest BCUT2D eigenvalue weighted by Gasteiger charge is -2.07. The molecule has 0 aromatic rings. The molecular formula is C7H16N4O. The van der Waals surface area contributed by atoms with E-state index in [2.05, 4.69) is 16.9 Å². The monoisotopic (exact) mass is 172 g/mol. The van der Waals surface area contributed by atoms with Crippen molar-refractivity contribution in [1.82, 2.24) is 10.4 Å². The molecule has 1 aliphatic heterocycles. The van der Waals surface area contributed by atoms with Crippen LogP contribution in [-0.2, 0) is 0 Å². The first-order valence-corrected chi connectivity index (χ1v) is 4.11. The highest BCUT2D eigenvalue weighted by Crippen LogP contribution is 2.13. The number of guanidine groups is 1. The van der Waals surface area contributed by atoms with Gasteiger partial charge >= 0.3 is 0 Å². The molecule has 4 N–H and O–H groups in total. The second-order valence-electron chi connectivity index (χ2n) is 3.25. The first-order chi connectivity index (χ1) is 5.72. The van der Waals surface area contributed by atoms with Crippen molar-refractivity contribution in [3.63, 3.8) is 0 Å². The van der Waals surface area contributed by atoms with Crippen LogP contribution >= 0.6 is 0 Å². The van der Waals surface area contributed by atoms with E-state index in [-0.39, 0.29) is 5.96 Å². The number of nitrogens with zero attached hydrogens (tertiary/aromatic N) is 2. The Morgan fingerprint density at radius 1 is 1.83 bits per heavy atom. The summed E-state index contributed by atoms with van der Waals surface area (Å²) >= 11 is 0. The molecule has 1 saturated heterocycles. The number of rotatable bonds is 2. The summed E-state index contributed by atoms with van der Waals surface area (Å²) in [7, 11) is 2.09. The van der Waals surface area contributed by atoms with Crippen LogP contribution in [0.3, 0.4) is 0 Å². The van der Waals surface area contributed by atoms with Gasteiger partial charge in [0.25, 0.3) is 0 Å². The van der Waals surface area contributed by atoms with Crippen LogP contribution in [0.4, 0.5) is 0 Å². The van der Waals surface area contributed by atoms with E-state index in [1.807, 2.05) is 5.48 Å². The molecule has 0 aliphatic carbocycles. The Kier molecular flexibility index (Phi) is 3.31. The molecule has 5 heteroatoms. The van der Waals surface area contributed by atoms with Gasteiger partial charge in [-0.05, 0) is 25.9 Å². The molecule has 0 spiro atoms. The largest absolute Gasteiger partial charge is 0.368 e. The Labute approximate surface area is 72.2 Å². The average molecular weight is 172 g/mol. The fourth-order valence-corrected chi connectivity index (χ4v) is 1.44. The summed E-state index contributed by atoms with van der Waals surface area (Å²) in [4.78, 5) is 6.23. The Morgan fingerprint density at radius 2 is 2.58 bits per heavy atom. The smallest absolute Gasteiger partial charge is 0.212 e. The lowest BCUT2D eigenvalue weighted by molar-refractivity contribution is 0.232. The second kappa shape index (κ2) is 4.27. The van der Waals surface area contributed by atoms with Crippen LogP contribution in [0.1, 0.15) is 6.42 Å². The van der Waals surface area contributed by atoms with E-state index in [0.717, 1.165) is 13.1 Å². The van der Waals surface area contributed by atoms with Crippen LogP contribution in [0.2, 0.25) is 0 Å². The standard InChI is InChI=1S/C7H16N4O/c1-11-3-2-6(5-11)4-9-7(8)10-12/h6,12H,2-5H2,1H3,(H3,8,9,10). The van der Waals surface area contributed by atoms with E-state index in [4.69, 9.17) is 10.9 Å². The normalized spacial score (nSPS) is 26.2. The van der Waals surface area contributed by atoms with Gasteiger partial charge in [0.1, 0.15) is 0 Å². The number of nitrogens with two attached hydrogens (primary N) is 1. The molecule has 5 nitrogen and oxygen atoms in total. The number of hydrogen-bond donors (Lipinski definition) is 3. The van der Waals surface area contributed by atoms with Crippen molar-refractivity contribution in [3.05, 3.63) is 0 Å². The number of hydrogen-bond acceptors (Lipinski definition) is 3. The Bertz CT molecular complexity index is 171. The molecule has 0 aromatic heterocycles. The van der Waals surface area contributed by atoms with Crippen LogP contribution in [0.15, 0.2) is 4.99 Å². The molecular weight excluding hydrogens is 156 g/mol. The summed E-state index contributed by atoms with van der Waals surface area (Å²) < 4.78 is 0. The first-order valence-electron chi connectivity index (χ1n) is 4.11. The van der Waals surface area contributed by atoms with Gasteiger partial charge in [0.15, 0.2) is 0 Å². The fraction of sp³-hybridized carbons (Fsp3) is 0.857. The number of likely N-dealkylation sites (tertiary alicyclic amines) is 1. The maximum atomic E-state index is 8.34. The van der Waals surface area contributed by atoms with Crippen LogP contribution in [0.5, 0.6) is 0 Å². The molecule has 0 bridgehead atoms. The van der Waals surface area contributed by atoms with Gasteiger partial charge < -0.3 is 10.6 Å². The highest BCUT2D eigenvalue weighted by atomic mass is 16.5. The van der Waals surface area contributed by atoms with Gasteiger partial charge in [-0.3, -0.25) is 10.2 Å². The third-order valence-electron chi connectivity index (χ3n) is 2.12. The quantitative estimate of drug-likeness (QED) is 0.290. The summed E-state index contributed by atoms with van der Waals surface area (Å²) in [6.07, 6.45) is 1.17. The maximum Gasteiger partial charge on any atom is 0.212 e. The second-order valence-corrected chi connectivity index (χ2v) is 3.25. The zero-order valence-electron chi connectivity index (χ0n) is 7.32. The predicted molar refractivity (Wildman–Crippen MR) is 47.0 cm³/mol. The maximum absolute atomic E-state index is 8.34. The SMILES string of the molecule is CN1CCC(CN=C(N)NO)C1. The Balaban J connectivity index is 2.24. The van der Waals surface area contributed by atoms with Gasteiger partial charge in [0, 0.05) is 13.1 Å². The topological polar surface area (TPSA) is 73.9 Å². The van der Waals surface area contributed by atoms with Crippen molar-refractivity contribution in [1.29, 1.82) is 0 Å². The molecule has 1 heterocycles. The fourth-order valence-electron chi connectivity index (χ4n) is 1.44. The minimum atomic E-state index is 0.101. The lowest BCUT2D eigenvalue weighted by atomic mass is 10.1. The molecule has 0 aromatic carbocycles. The van der Waals surface area contributed by atoms with E-state index < -0.39 is 0 Å². The number of hydroxylamine groups is 1. The molecule has 1 atom stereocenters. The van der Waals surface area contributed by atoms with E-state index >= 15 is 0 Å². The zero-order valence-corrected chi connectivity index (χ0v) is 7.32. The summed E-state index contributed by atoms with van der Waals surface area (Å²) in [6, 6.07) is 0. The molecule has 12 heavy (non-hydrogen) atoms. The third-order valence-corrected chi connectivity index (χ3v) is 2.12. The molecule has 0 radical (unpaired) electrons. The van der Waals surface area contributed by atoms with Gasteiger partial charge in [-0.15, -0.1) is 0 Å². The number of aliphatic imine (C=N–C) groups is 1. The predicted octanol–water partition coefficient (Wildman–Crippen LogP) is -0.768. The summed E-state index contributed by atoms with van der Waals surface area (Å²) in [5, 5.41) is 8.34. The lowest BCUT2D eigenvalue weighted by Crippen LogP contribution is -2.29. The van der Waals surface area contributed by atoms with Crippen LogP contribution in [0, 0.1) is 5.92 Å². The average Bonchev–Trinajstić information content (AvgIpc) is 2.47. The van der Waals surface area contributed by atoms with Crippen molar-refractivity contribution >= 4 is 5.96 Å². The molecule has 1 rings (SSSR count). The van der Waals surface area contributed by atoms with Crippen molar-refractivity contribution in [2.45, 2.75) is 6.42 Å². The van der Waals surface area contributed by atoms with Crippen LogP contribution < -0.4 is 11.2 Å². The van der Waals surface area contributed by atoms with Gasteiger partial charge in [-0.25, -0.2) is 5.48 Å². The van der Waals surface area contributed by atoms with Gasteiger partial charge in [-0.2, -0.15) is 0 Å². The Hall–Kier alpha value is -0.810. The van der Waals surface area contributed by atoms with Gasteiger partial charge in [0.2, 0.25) is 5.96 Å². The van der Waals surface area contributed by atoms with Crippen molar-refractivity contribution in [2.75, 3.05) is 26.7 Å². The zero-order chi connectivity index (χ0) is 8.97.